The van der Waals surface area contributed by atoms with Crippen LogP contribution in [0.4, 0.5) is 0 Å². The van der Waals surface area contributed by atoms with Gasteiger partial charge in [0.1, 0.15) is 0 Å². The van der Waals surface area contributed by atoms with Gasteiger partial charge < -0.3 is 20.0 Å². The Hall–Kier alpha value is -0.906. The molecule has 2 aliphatic carbocycles. The van der Waals surface area contributed by atoms with E-state index < -0.39 is 5.97 Å². The van der Waals surface area contributed by atoms with Crippen LogP contribution in [0.1, 0.15) is 47.9 Å². The van der Waals surface area contributed by atoms with Crippen LogP contribution in [0.2, 0.25) is 0 Å². The molecular weight excluding hydrogens is 296 g/mol. The molecule has 0 unspecified atom stereocenters. The zero-order chi connectivity index (χ0) is 13.0. The van der Waals surface area contributed by atoms with Crippen LogP contribution in [-0.4, -0.2) is 11.1 Å². The van der Waals surface area contributed by atoms with Gasteiger partial charge in [-0.15, -0.1) is 6.42 Å². The summed E-state index contributed by atoms with van der Waals surface area (Å²) < 4.78 is 0. The Morgan fingerprint density at radius 1 is 0.952 bits per heavy atom. The summed E-state index contributed by atoms with van der Waals surface area (Å²) in [5.41, 5.74) is 6.94. The fourth-order valence-corrected chi connectivity index (χ4v) is 3.08. The van der Waals surface area contributed by atoms with Gasteiger partial charge in [0.2, 0.25) is 0 Å². The largest absolute Gasteiger partial charge is 3.00 e. The SMILES string of the molecule is C#CC(=O)O.[CH3-].[CH3-].[Ti+3].[cH-]1c2c(c3c1CCCC3)CCCC2. The summed E-state index contributed by atoms with van der Waals surface area (Å²) in [6, 6.07) is 2.52. The summed E-state index contributed by atoms with van der Waals surface area (Å²) in [5, 5.41) is 7.49. The first-order valence-corrected chi connectivity index (χ1v) is 6.71. The summed E-state index contributed by atoms with van der Waals surface area (Å²) in [4.78, 5) is 9.13. The molecule has 3 heteroatoms. The van der Waals surface area contributed by atoms with E-state index in [9.17, 15) is 0 Å². The molecule has 0 saturated carbocycles. The second-order valence-corrected chi connectivity index (χ2v) is 5.02. The Labute approximate surface area is 144 Å². The normalized spacial score (nSPS) is 14.2. The number of aliphatic carboxylic acids is 1. The average molecular weight is 321 g/mol. The molecule has 1 N–H and O–H groups in total. The van der Waals surface area contributed by atoms with Crippen molar-refractivity contribution in [2.75, 3.05) is 0 Å². The van der Waals surface area contributed by atoms with E-state index in [0.717, 1.165) is 0 Å². The van der Waals surface area contributed by atoms with Crippen molar-refractivity contribution in [3.63, 3.8) is 0 Å². The molecule has 0 amide bonds. The fraction of sp³-hybridized carbons (Fsp3) is 0.444. The Bertz CT molecular complexity index is 450. The minimum Gasteiger partial charge on any atom is -0.472 e. The van der Waals surface area contributed by atoms with Crippen molar-refractivity contribution in [2.45, 2.75) is 51.4 Å². The maximum absolute atomic E-state index is 9.13. The van der Waals surface area contributed by atoms with E-state index in [1.807, 2.05) is 0 Å². The fourth-order valence-electron chi connectivity index (χ4n) is 3.08. The number of hydrogen-bond donors (Lipinski definition) is 1. The van der Waals surface area contributed by atoms with Gasteiger partial charge in [-0.3, -0.25) is 0 Å². The Kier molecular flexibility index (Phi) is 11.5. The number of carboxylic acids is 1. The van der Waals surface area contributed by atoms with Crippen LogP contribution in [-0.2, 0) is 52.2 Å². The molecule has 0 bridgehead atoms. The van der Waals surface area contributed by atoms with Gasteiger partial charge in [0, 0.05) is 5.92 Å². The second-order valence-electron chi connectivity index (χ2n) is 5.02. The Morgan fingerprint density at radius 3 is 1.62 bits per heavy atom. The van der Waals surface area contributed by atoms with Crippen LogP contribution in [0, 0.1) is 27.2 Å². The van der Waals surface area contributed by atoms with Gasteiger partial charge in [-0.05, 0) is 0 Å². The van der Waals surface area contributed by atoms with Crippen LogP contribution < -0.4 is 0 Å². The van der Waals surface area contributed by atoms with Crippen LogP contribution >= 0.6 is 0 Å². The van der Waals surface area contributed by atoms with E-state index in [2.05, 4.69) is 12.5 Å². The summed E-state index contributed by atoms with van der Waals surface area (Å²) in [5.74, 6) is 0.227. The van der Waals surface area contributed by atoms with Crippen molar-refractivity contribution in [2.24, 2.45) is 0 Å². The van der Waals surface area contributed by atoms with Gasteiger partial charge in [-0.2, -0.15) is 28.3 Å². The molecule has 0 saturated heterocycles. The van der Waals surface area contributed by atoms with Crippen molar-refractivity contribution in [3.8, 4) is 12.3 Å². The van der Waals surface area contributed by atoms with Crippen LogP contribution in [0.3, 0.4) is 0 Å². The average Bonchev–Trinajstić information content (AvgIpc) is 2.78. The predicted molar refractivity (Wildman–Crippen MR) is 84.6 cm³/mol. The molecule has 113 valence electrons. The monoisotopic (exact) mass is 321 g/mol. The zero-order valence-corrected chi connectivity index (χ0v) is 14.7. The summed E-state index contributed by atoms with van der Waals surface area (Å²) in [7, 11) is 0. The van der Waals surface area contributed by atoms with Gasteiger partial charge in [-0.1, -0.05) is 51.4 Å². The van der Waals surface area contributed by atoms with Crippen molar-refractivity contribution in [1.29, 1.82) is 0 Å². The molecule has 21 heavy (non-hydrogen) atoms. The molecule has 2 nitrogen and oxygen atoms in total. The molecular formula is C18H25O2Ti. The summed E-state index contributed by atoms with van der Waals surface area (Å²) >= 11 is 0. The molecule has 3 rings (SSSR count). The maximum atomic E-state index is 9.13. The number of fused-ring (bicyclic) bond motifs is 3. The van der Waals surface area contributed by atoms with Gasteiger partial charge in [0.25, 0.3) is 0 Å². The zero-order valence-electron chi connectivity index (χ0n) is 13.2. The topological polar surface area (TPSA) is 37.3 Å². The van der Waals surface area contributed by atoms with Crippen LogP contribution in [0.15, 0.2) is 6.07 Å². The van der Waals surface area contributed by atoms with E-state index in [1.165, 1.54) is 57.3 Å². The van der Waals surface area contributed by atoms with Crippen LogP contribution in [0.25, 0.3) is 0 Å². The smallest absolute Gasteiger partial charge is 0.472 e. The number of rotatable bonds is 0. The maximum Gasteiger partial charge on any atom is 3.00 e. The third-order valence-electron chi connectivity index (χ3n) is 3.86. The van der Waals surface area contributed by atoms with E-state index in [4.69, 9.17) is 9.90 Å². The van der Waals surface area contributed by atoms with E-state index in [0.29, 0.717) is 0 Å². The quantitative estimate of drug-likeness (QED) is 0.449. The Balaban J connectivity index is 0. The van der Waals surface area contributed by atoms with E-state index in [-0.39, 0.29) is 36.6 Å². The number of aryl methyl sites for hydroxylation is 2. The molecule has 1 aromatic rings. The molecule has 0 atom stereocenters. The minimum atomic E-state index is -1.22. The van der Waals surface area contributed by atoms with Gasteiger partial charge >= 0.3 is 27.7 Å². The molecule has 0 aliphatic heterocycles. The van der Waals surface area contributed by atoms with Crippen molar-refractivity contribution in [3.05, 3.63) is 43.2 Å². The van der Waals surface area contributed by atoms with Gasteiger partial charge in [-0.25, -0.2) is 4.79 Å². The second kappa shape index (κ2) is 10.8. The third kappa shape index (κ3) is 5.77. The number of hydrogen-bond acceptors (Lipinski definition) is 1. The molecule has 0 heterocycles. The van der Waals surface area contributed by atoms with E-state index in [1.54, 1.807) is 22.3 Å². The first-order chi connectivity index (χ1) is 8.72. The first-order valence-electron chi connectivity index (χ1n) is 6.71. The molecule has 1 radical (unpaired) electrons. The molecule has 1 aromatic carbocycles. The summed E-state index contributed by atoms with van der Waals surface area (Å²) in [6.07, 6.45) is 15.5. The van der Waals surface area contributed by atoms with Crippen molar-refractivity contribution in [1.82, 2.24) is 0 Å². The van der Waals surface area contributed by atoms with E-state index >= 15 is 0 Å². The third-order valence-corrected chi connectivity index (χ3v) is 3.86. The van der Waals surface area contributed by atoms with Gasteiger partial charge in [0.15, 0.2) is 0 Å². The van der Waals surface area contributed by atoms with Crippen molar-refractivity contribution < 1.29 is 31.6 Å². The van der Waals surface area contributed by atoms with Crippen molar-refractivity contribution >= 4 is 5.97 Å². The first kappa shape index (κ1) is 22.4. The molecule has 2 aliphatic rings. The number of terminal acetylenes is 1. The summed E-state index contributed by atoms with van der Waals surface area (Å²) in [6.45, 7) is 0. The number of carbonyl (C=O) groups is 1. The molecule has 0 aromatic heterocycles. The predicted octanol–water partition coefficient (Wildman–Crippen LogP) is 3.77. The number of carboxylic acid groups (broad SMARTS) is 1. The molecule has 0 fully saturated rings. The standard InChI is InChI=1S/C13H17.C3H2O2.2CH3.Ti/c1-3-7-12-10(5-1)9-11-6-2-4-8-13(11)12;1-2-3(4)5;;;/h9H,1-8H2;1H,(H,4,5);2*1H3;/q-1;;2*-1;+3. The van der Waals surface area contributed by atoms with Gasteiger partial charge in [0.05, 0.1) is 0 Å². The Morgan fingerprint density at radius 2 is 1.29 bits per heavy atom. The molecule has 0 spiro atoms. The minimum absolute atomic E-state index is 0. The van der Waals surface area contributed by atoms with Crippen LogP contribution in [0.5, 0.6) is 0 Å².